The molecule has 0 aliphatic rings. The van der Waals surface area contributed by atoms with E-state index in [1.54, 1.807) is 29.8 Å². The normalized spacial score (nSPS) is 11.3. The molecule has 0 fully saturated rings. The zero-order valence-electron chi connectivity index (χ0n) is 10.8. The minimum absolute atomic E-state index is 0.168. The Hall–Kier alpha value is -2.17. The molecule has 4 rings (SSSR count). The first-order valence-electron chi connectivity index (χ1n) is 6.39. The Morgan fingerprint density at radius 1 is 1.19 bits per heavy atom. The van der Waals surface area contributed by atoms with Gasteiger partial charge in [0.25, 0.3) is 5.56 Å². The highest BCUT2D eigenvalue weighted by Gasteiger charge is 2.12. The maximum atomic E-state index is 12.0. The molecule has 0 aliphatic carbocycles. The second kappa shape index (κ2) is 4.69. The van der Waals surface area contributed by atoms with Crippen LogP contribution in [0.4, 0.5) is 0 Å². The van der Waals surface area contributed by atoms with Crippen LogP contribution in [0.5, 0.6) is 0 Å². The van der Waals surface area contributed by atoms with Crippen molar-refractivity contribution >= 4 is 43.9 Å². The first-order chi connectivity index (χ1) is 10.2. The number of thiophene rings is 1. The van der Waals surface area contributed by atoms with E-state index in [0.29, 0.717) is 10.4 Å². The lowest BCUT2D eigenvalue weighted by Crippen LogP contribution is -2.06. The number of pyridine rings is 2. The summed E-state index contributed by atoms with van der Waals surface area (Å²) in [5.41, 5.74) is 0.800. The van der Waals surface area contributed by atoms with E-state index in [1.165, 1.54) is 0 Å². The molecule has 4 aromatic rings. The number of halogens is 1. The van der Waals surface area contributed by atoms with Crippen molar-refractivity contribution in [1.82, 2.24) is 9.97 Å². The van der Waals surface area contributed by atoms with Crippen molar-refractivity contribution in [3.8, 4) is 10.4 Å². The maximum Gasteiger partial charge on any atom is 0.257 e. The number of nitrogens with zero attached hydrogens (tertiary/aromatic N) is 1. The molecule has 5 heteroatoms. The maximum absolute atomic E-state index is 12.0. The highest BCUT2D eigenvalue weighted by atomic mass is 35.5. The lowest BCUT2D eigenvalue weighted by atomic mass is 10.1. The molecular formula is C16H9ClN2OS. The van der Waals surface area contributed by atoms with E-state index >= 15 is 0 Å². The van der Waals surface area contributed by atoms with Crippen LogP contribution in [0, 0.1) is 0 Å². The second-order valence-corrected chi connectivity index (χ2v) is 6.14. The SMILES string of the molecule is O=c1[nH]cc(-c2cc3cccnc3s2)c2cccc(Cl)c12. The summed E-state index contributed by atoms with van der Waals surface area (Å²) in [6, 6.07) is 11.5. The smallest absolute Gasteiger partial charge is 0.257 e. The highest BCUT2D eigenvalue weighted by Crippen LogP contribution is 2.36. The number of hydrogen-bond acceptors (Lipinski definition) is 3. The number of H-pyrrole nitrogens is 1. The third-order valence-electron chi connectivity index (χ3n) is 3.44. The van der Waals surface area contributed by atoms with Crippen LogP contribution in [0.2, 0.25) is 5.02 Å². The van der Waals surface area contributed by atoms with Gasteiger partial charge in [0.2, 0.25) is 0 Å². The number of aromatic amines is 1. The molecule has 21 heavy (non-hydrogen) atoms. The largest absolute Gasteiger partial charge is 0.328 e. The number of aromatic nitrogens is 2. The summed E-state index contributed by atoms with van der Waals surface area (Å²) in [6.45, 7) is 0. The van der Waals surface area contributed by atoms with Gasteiger partial charge >= 0.3 is 0 Å². The van der Waals surface area contributed by atoms with Gasteiger partial charge < -0.3 is 4.98 Å². The third-order valence-corrected chi connectivity index (χ3v) is 4.84. The standard InChI is InChI=1S/C16H9ClN2OS/c17-12-5-1-4-10-11(8-19-15(20)14(10)12)13-7-9-3-2-6-18-16(9)21-13/h1-8H,(H,19,20). The van der Waals surface area contributed by atoms with Gasteiger partial charge in [-0.25, -0.2) is 4.98 Å². The van der Waals surface area contributed by atoms with Crippen LogP contribution in [0.25, 0.3) is 31.4 Å². The van der Waals surface area contributed by atoms with Crippen LogP contribution in [-0.4, -0.2) is 9.97 Å². The number of rotatable bonds is 1. The Morgan fingerprint density at radius 2 is 2.10 bits per heavy atom. The molecule has 3 heterocycles. The summed E-state index contributed by atoms with van der Waals surface area (Å²) in [5.74, 6) is 0. The first kappa shape index (κ1) is 12.6. The summed E-state index contributed by atoms with van der Waals surface area (Å²) < 4.78 is 0. The second-order valence-electron chi connectivity index (χ2n) is 4.70. The van der Waals surface area contributed by atoms with Gasteiger partial charge in [0.05, 0.1) is 10.4 Å². The fourth-order valence-corrected chi connectivity index (χ4v) is 3.77. The molecule has 1 N–H and O–H groups in total. The number of fused-ring (bicyclic) bond motifs is 2. The molecule has 0 spiro atoms. The fraction of sp³-hybridized carbons (Fsp3) is 0. The molecule has 3 nitrogen and oxygen atoms in total. The van der Waals surface area contributed by atoms with E-state index in [-0.39, 0.29) is 5.56 Å². The Morgan fingerprint density at radius 3 is 2.95 bits per heavy atom. The van der Waals surface area contributed by atoms with E-state index < -0.39 is 0 Å². The molecule has 0 bridgehead atoms. The van der Waals surface area contributed by atoms with Crippen molar-refractivity contribution < 1.29 is 0 Å². The van der Waals surface area contributed by atoms with Crippen LogP contribution >= 0.6 is 22.9 Å². The van der Waals surface area contributed by atoms with E-state index in [0.717, 1.165) is 26.0 Å². The molecule has 0 radical (unpaired) electrons. The van der Waals surface area contributed by atoms with Gasteiger partial charge in [0.1, 0.15) is 4.83 Å². The highest BCUT2D eigenvalue weighted by molar-refractivity contribution is 7.21. The van der Waals surface area contributed by atoms with Crippen molar-refractivity contribution in [3.63, 3.8) is 0 Å². The van der Waals surface area contributed by atoms with E-state index in [1.807, 2.05) is 24.3 Å². The van der Waals surface area contributed by atoms with Gasteiger partial charge in [-0.2, -0.15) is 0 Å². The minimum atomic E-state index is -0.168. The molecule has 0 atom stereocenters. The van der Waals surface area contributed by atoms with Gasteiger partial charge in [-0.3, -0.25) is 4.79 Å². The summed E-state index contributed by atoms with van der Waals surface area (Å²) in [6.07, 6.45) is 3.52. The van der Waals surface area contributed by atoms with Crippen LogP contribution in [-0.2, 0) is 0 Å². The van der Waals surface area contributed by atoms with E-state index in [9.17, 15) is 4.79 Å². The van der Waals surface area contributed by atoms with Gasteiger partial charge in [-0.15, -0.1) is 11.3 Å². The third kappa shape index (κ3) is 1.95. The molecule has 0 saturated heterocycles. The zero-order chi connectivity index (χ0) is 14.4. The van der Waals surface area contributed by atoms with Crippen LogP contribution in [0.1, 0.15) is 0 Å². The summed E-state index contributed by atoms with van der Waals surface area (Å²) >= 11 is 7.77. The summed E-state index contributed by atoms with van der Waals surface area (Å²) in [7, 11) is 0. The van der Waals surface area contributed by atoms with Crippen LogP contribution < -0.4 is 5.56 Å². The van der Waals surface area contributed by atoms with Crippen molar-refractivity contribution in [3.05, 3.63) is 64.2 Å². The van der Waals surface area contributed by atoms with Gasteiger partial charge in [0, 0.05) is 28.2 Å². The Kier molecular flexibility index (Phi) is 2.80. The van der Waals surface area contributed by atoms with Crippen molar-refractivity contribution in [1.29, 1.82) is 0 Å². The minimum Gasteiger partial charge on any atom is -0.328 e. The topological polar surface area (TPSA) is 45.8 Å². The predicted octanol–water partition coefficient (Wildman–Crippen LogP) is 4.46. The monoisotopic (exact) mass is 312 g/mol. The lowest BCUT2D eigenvalue weighted by Gasteiger charge is -2.04. The molecule has 1 aromatic carbocycles. The number of benzene rings is 1. The Labute approximate surface area is 128 Å². The van der Waals surface area contributed by atoms with E-state index in [4.69, 9.17) is 11.6 Å². The Balaban J connectivity index is 2.09. The number of nitrogens with one attached hydrogen (secondary N) is 1. The Bertz CT molecular complexity index is 1000. The fourth-order valence-electron chi connectivity index (χ4n) is 2.48. The van der Waals surface area contributed by atoms with Crippen LogP contribution in [0.15, 0.2) is 53.6 Å². The quantitative estimate of drug-likeness (QED) is 0.564. The van der Waals surface area contributed by atoms with Crippen molar-refractivity contribution in [2.75, 3.05) is 0 Å². The van der Waals surface area contributed by atoms with Gasteiger partial charge in [-0.05, 0) is 23.6 Å². The van der Waals surface area contributed by atoms with Gasteiger partial charge in [0.15, 0.2) is 0 Å². The molecular weight excluding hydrogens is 304 g/mol. The average Bonchev–Trinajstić information content (AvgIpc) is 2.91. The molecule has 0 amide bonds. The zero-order valence-corrected chi connectivity index (χ0v) is 12.3. The molecule has 0 unspecified atom stereocenters. The molecule has 0 aliphatic heterocycles. The number of hydrogen-bond donors (Lipinski definition) is 1. The molecule has 3 aromatic heterocycles. The molecule has 102 valence electrons. The van der Waals surface area contributed by atoms with E-state index in [2.05, 4.69) is 16.0 Å². The first-order valence-corrected chi connectivity index (χ1v) is 7.58. The van der Waals surface area contributed by atoms with Crippen molar-refractivity contribution in [2.45, 2.75) is 0 Å². The average molecular weight is 313 g/mol. The lowest BCUT2D eigenvalue weighted by molar-refractivity contribution is 1.28. The van der Waals surface area contributed by atoms with Gasteiger partial charge in [-0.1, -0.05) is 29.8 Å². The summed E-state index contributed by atoms with van der Waals surface area (Å²) in [4.78, 5) is 21.2. The molecule has 0 saturated carbocycles. The predicted molar refractivity (Wildman–Crippen MR) is 88.2 cm³/mol. The summed E-state index contributed by atoms with van der Waals surface area (Å²) in [5, 5.41) is 2.95. The van der Waals surface area contributed by atoms with Crippen molar-refractivity contribution in [2.24, 2.45) is 0 Å². The van der Waals surface area contributed by atoms with Crippen LogP contribution in [0.3, 0.4) is 0 Å².